The van der Waals surface area contributed by atoms with Crippen LogP contribution in [0.15, 0.2) is 33.4 Å². The number of anilines is 1. The van der Waals surface area contributed by atoms with E-state index in [2.05, 4.69) is 33.1 Å². The van der Waals surface area contributed by atoms with Gasteiger partial charge in [-0.05, 0) is 40.2 Å². The molecule has 0 radical (unpaired) electrons. The Morgan fingerprint density at radius 3 is 2.90 bits per heavy atom. The summed E-state index contributed by atoms with van der Waals surface area (Å²) < 4.78 is 0.891. The molecule has 0 saturated heterocycles. The smallest absolute Gasteiger partial charge is 0.256 e. The summed E-state index contributed by atoms with van der Waals surface area (Å²) in [5, 5.41) is 13.7. The normalized spacial score (nSPS) is 9.86. The molecule has 1 amide bonds. The van der Waals surface area contributed by atoms with Gasteiger partial charge in [0.1, 0.15) is 0 Å². The average molecular weight is 385 g/mol. The van der Waals surface area contributed by atoms with Gasteiger partial charge >= 0.3 is 0 Å². The molecule has 0 aliphatic heterocycles. The number of rotatable bonds is 3. The summed E-state index contributed by atoms with van der Waals surface area (Å²) in [6.45, 7) is 0.0250. The van der Waals surface area contributed by atoms with Crippen molar-refractivity contribution in [1.82, 2.24) is 0 Å². The first-order valence-electron chi connectivity index (χ1n) is 6.05. The van der Waals surface area contributed by atoms with Crippen molar-refractivity contribution in [3.63, 3.8) is 0 Å². The fraction of sp³-hybridized carbons (Fsp3) is 0.133. The van der Waals surface area contributed by atoms with Gasteiger partial charge in [-0.2, -0.15) is 0 Å². The summed E-state index contributed by atoms with van der Waals surface area (Å²) in [6, 6.07) is 6.91. The van der Waals surface area contributed by atoms with E-state index in [4.69, 9.17) is 16.7 Å². The van der Waals surface area contributed by atoms with E-state index < -0.39 is 0 Å². The van der Waals surface area contributed by atoms with E-state index in [1.807, 2.05) is 0 Å². The van der Waals surface area contributed by atoms with Crippen LogP contribution in [-0.4, -0.2) is 17.6 Å². The SMILES string of the molecule is O=C(Nc1cc(C#CCCO)ccc1Cl)c1csc(Br)c1. The maximum atomic E-state index is 12.1. The number of benzene rings is 1. The number of thiophene rings is 1. The molecule has 1 heterocycles. The summed E-state index contributed by atoms with van der Waals surface area (Å²) in [4.78, 5) is 12.1. The van der Waals surface area contributed by atoms with E-state index in [-0.39, 0.29) is 12.5 Å². The summed E-state index contributed by atoms with van der Waals surface area (Å²) in [6.07, 6.45) is 0.410. The predicted octanol–water partition coefficient (Wildman–Crippen LogP) is 4.15. The molecule has 0 saturated carbocycles. The van der Waals surface area contributed by atoms with Gasteiger partial charge in [-0.3, -0.25) is 4.79 Å². The van der Waals surface area contributed by atoms with Crippen LogP contribution < -0.4 is 5.32 Å². The zero-order valence-electron chi connectivity index (χ0n) is 10.8. The van der Waals surface area contributed by atoms with Gasteiger partial charge in [0, 0.05) is 17.4 Å². The number of aliphatic hydroxyl groups excluding tert-OH is 1. The molecular formula is C15H11BrClNO2S. The lowest BCUT2D eigenvalue weighted by atomic mass is 10.2. The maximum Gasteiger partial charge on any atom is 0.256 e. The summed E-state index contributed by atoms with van der Waals surface area (Å²) in [5.41, 5.74) is 1.81. The molecule has 0 unspecified atom stereocenters. The van der Waals surface area contributed by atoms with Crippen LogP contribution in [0.3, 0.4) is 0 Å². The van der Waals surface area contributed by atoms with Crippen LogP contribution in [0.25, 0.3) is 0 Å². The first kappa shape index (κ1) is 16.1. The molecule has 2 rings (SSSR count). The fourth-order valence-electron chi connectivity index (χ4n) is 1.54. The number of carbonyl (C=O) groups excluding carboxylic acids is 1. The first-order valence-corrected chi connectivity index (χ1v) is 8.10. The maximum absolute atomic E-state index is 12.1. The Hall–Kier alpha value is -1.32. The van der Waals surface area contributed by atoms with Crippen LogP contribution in [0.5, 0.6) is 0 Å². The van der Waals surface area contributed by atoms with Gasteiger partial charge < -0.3 is 10.4 Å². The van der Waals surface area contributed by atoms with Crippen molar-refractivity contribution in [3.05, 3.63) is 49.6 Å². The molecule has 0 bridgehead atoms. The Bertz CT molecular complexity index is 718. The standard InChI is InChI=1S/C15H11BrClNO2S/c16-14-8-11(9-21-14)15(20)18-13-7-10(3-1-2-6-19)4-5-12(13)17/h4-5,7-9,19H,2,6H2,(H,18,20). The highest BCUT2D eigenvalue weighted by molar-refractivity contribution is 9.11. The topological polar surface area (TPSA) is 49.3 Å². The molecule has 2 N–H and O–H groups in total. The van der Waals surface area contributed by atoms with Gasteiger partial charge in [-0.15, -0.1) is 11.3 Å². The largest absolute Gasteiger partial charge is 0.395 e. The van der Waals surface area contributed by atoms with Gasteiger partial charge in [0.15, 0.2) is 0 Å². The number of carbonyl (C=O) groups is 1. The van der Waals surface area contributed by atoms with Crippen molar-refractivity contribution >= 4 is 50.5 Å². The Morgan fingerprint density at radius 2 is 2.24 bits per heavy atom. The number of aliphatic hydroxyl groups is 1. The molecule has 1 aromatic carbocycles. The Kier molecular flexibility index (Phi) is 5.83. The minimum atomic E-state index is -0.223. The highest BCUT2D eigenvalue weighted by Gasteiger charge is 2.10. The van der Waals surface area contributed by atoms with Crippen LogP contribution in [0.4, 0.5) is 5.69 Å². The Labute approximate surface area is 140 Å². The number of halogens is 2. The molecule has 0 aliphatic rings. The molecule has 21 heavy (non-hydrogen) atoms. The van der Waals surface area contributed by atoms with Gasteiger partial charge in [0.2, 0.25) is 0 Å². The van der Waals surface area contributed by atoms with Crippen molar-refractivity contribution in [2.75, 3.05) is 11.9 Å². The average Bonchev–Trinajstić information content (AvgIpc) is 2.89. The lowest BCUT2D eigenvalue weighted by Crippen LogP contribution is -2.11. The van der Waals surface area contributed by atoms with Crippen molar-refractivity contribution in [3.8, 4) is 11.8 Å². The molecule has 108 valence electrons. The molecule has 6 heteroatoms. The third kappa shape index (κ3) is 4.58. The van der Waals surface area contributed by atoms with Gasteiger partial charge in [-0.25, -0.2) is 0 Å². The van der Waals surface area contributed by atoms with Crippen LogP contribution in [0.2, 0.25) is 5.02 Å². The van der Waals surface area contributed by atoms with Crippen LogP contribution in [0.1, 0.15) is 22.3 Å². The molecular weight excluding hydrogens is 374 g/mol. The summed E-state index contributed by atoms with van der Waals surface area (Å²) >= 11 is 10.8. The van der Waals surface area contributed by atoms with Crippen LogP contribution in [-0.2, 0) is 0 Å². The van der Waals surface area contributed by atoms with Gasteiger partial charge in [-0.1, -0.05) is 23.4 Å². The van der Waals surface area contributed by atoms with Crippen molar-refractivity contribution in [1.29, 1.82) is 0 Å². The van der Waals surface area contributed by atoms with E-state index in [1.54, 1.807) is 29.6 Å². The predicted molar refractivity (Wildman–Crippen MR) is 90.0 cm³/mol. The lowest BCUT2D eigenvalue weighted by Gasteiger charge is -2.06. The van der Waals surface area contributed by atoms with Crippen LogP contribution in [0, 0.1) is 11.8 Å². The van der Waals surface area contributed by atoms with Gasteiger partial charge in [0.05, 0.1) is 26.7 Å². The molecule has 2 aromatic rings. The molecule has 0 fully saturated rings. The Morgan fingerprint density at radius 1 is 1.43 bits per heavy atom. The molecule has 0 aliphatic carbocycles. The number of amides is 1. The second-order valence-electron chi connectivity index (χ2n) is 4.06. The van der Waals surface area contributed by atoms with E-state index >= 15 is 0 Å². The van der Waals surface area contributed by atoms with E-state index in [0.717, 1.165) is 9.35 Å². The molecule has 3 nitrogen and oxygen atoms in total. The van der Waals surface area contributed by atoms with E-state index in [0.29, 0.717) is 22.7 Å². The number of hydrogen-bond acceptors (Lipinski definition) is 3. The minimum Gasteiger partial charge on any atom is -0.395 e. The van der Waals surface area contributed by atoms with Crippen molar-refractivity contribution in [2.24, 2.45) is 0 Å². The van der Waals surface area contributed by atoms with Gasteiger partial charge in [0.25, 0.3) is 5.91 Å². The van der Waals surface area contributed by atoms with Crippen LogP contribution >= 0.6 is 38.9 Å². The zero-order valence-corrected chi connectivity index (χ0v) is 14.0. The fourth-order valence-corrected chi connectivity index (χ4v) is 2.84. The Balaban J connectivity index is 2.17. The van der Waals surface area contributed by atoms with E-state index in [1.165, 1.54) is 11.3 Å². The number of nitrogens with one attached hydrogen (secondary N) is 1. The molecule has 0 atom stereocenters. The molecule has 0 spiro atoms. The van der Waals surface area contributed by atoms with E-state index in [9.17, 15) is 4.79 Å². The summed E-state index contributed by atoms with van der Waals surface area (Å²) in [7, 11) is 0. The second kappa shape index (κ2) is 7.62. The summed E-state index contributed by atoms with van der Waals surface area (Å²) in [5.74, 6) is 5.51. The third-order valence-electron chi connectivity index (χ3n) is 2.51. The first-order chi connectivity index (χ1) is 10.1. The highest BCUT2D eigenvalue weighted by atomic mass is 79.9. The lowest BCUT2D eigenvalue weighted by molar-refractivity contribution is 0.102. The monoisotopic (exact) mass is 383 g/mol. The van der Waals surface area contributed by atoms with Crippen molar-refractivity contribution in [2.45, 2.75) is 6.42 Å². The van der Waals surface area contributed by atoms with Crippen molar-refractivity contribution < 1.29 is 9.90 Å². The molecule has 1 aromatic heterocycles. The quantitative estimate of drug-likeness (QED) is 0.781. The highest BCUT2D eigenvalue weighted by Crippen LogP contribution is 2.25. The third-order valence-corrected chi connectivity index (χ3v) is 4.35. The zero-order chi connectivity index (χ0) is 15.2. The number of hydrogen-bond donors (Lipinski definition) is 2. The second-order valence-corrected chi connectivity index (χ2v) is 6.76. The minimum absolute atomic E-state index is 0.0250.